The molecule has 1 fully saturated rings. The van der Waals surface area contributed by atoms with Crippen molar-refractivity contribution >= 4 is 62.2 Å². The van der Waals surface area contributed by atoms with Crippen molar-refractivity contribution in [3.63, 3.8) is 0 Å². The van der Waals surface area contributed by atoms with Gasteiger partial charge in [0.2, 0.25) is 0 Å². The fraction of sp³-hybridized carbons (Fsp3) is 0.370. The lowest BCUT2D eigenvalue weighted by molar-refractivity contribution is -0.137. The van der Waals surface area contributed by atoms with E-state index < -0.39 is 5.97 Å². The Morgan fingerprint density at radius 3 is 2.53 bits per heavy atom. The van der Waals surface area contributed by atoms with E-state index in [9.17, 15) is 9.59 Å². The van der Waals surface area contributed by atoms with E-state index in [-0.39, 0.29) is 12.3 Å². The van der Waals surface area contributed by atoms with Crippen molar-refractivity contribution in [3.8, 4) is 11.5 Å². The molecule has 0 radical (unpaired) electrons. The second-order valence-electron chi connectivity index (χ2n) is 8.72. The molecule has 1 aliphatic heterocycles. The van der Waals surface area contributed by atoms with Gasteiger partial charge >= 0.3 is 5.97 Å². The number of carbonyl (C=O) groups is 2. The molecule has 0 aromatic heterocycles. The molecule has 192 valence electrons. The van der Waals surface area contributed by atoms with E-state index in [1.807, 2.05) is 12.1 Å². The van der Waals surface area contributed by atoms with E-state index in [0.717, 1.165) is 22.0 Å². The summed E-state index contributed by atoms with van der Waals surface area (Å²) in [5, 5.41) is 8.75. The molecule has 1 N–H and O–H groups in total. The van der Waals surface area contributed by atoms with Gasteiger partial charge in [0.25, 0.3) is 5.91 Å². The van der Waals surface area contributed by atoms with Crippen molar-refractivity contribution in [1.82, 2.24) is 4.90 Å². The maximum atomic E-state index is 12.9. The largest absolute Gasteiger partial charge is 0.493 e. The molecule has 1 aliphatic rings. The second-order valence-corrected chi connectivity index (χ2v) is 11.3. The molecule has 1 heterocycles. The summed E-state index contributed by atoms with van der Waals surface area (Å²) in [7, 11) is 1.59. The highest BCUT2D eigenvalue weighted by atomic mass is 79.9. The van der Waals surface area contributed by atoms with Gasteiger partial charge in [-0.2, -0.15) is 0 Å². The van der Waals surface area contributed by atoms with E-state index in [1.165, 1.54) is 28.5 Å². The predicted molar refractivity (Wildman–Crippen MR) is 152 cm³/mol. The number of halogens is 1. The second kappa shape index (κ2) is 12.7. The Morgan fingerprint density at radius 2 is 1.83 bits per heavy atom. The molecule has 6 nitrogen and oxygen atoms in total. The number of ether oxygens (including phenoxy) is 2. The van der Waals surface area contributed by atoms with Gasteiger partial charge in [-0.15, -0.1) is 0 Å². The molecule has 0 spiro atoms. The molecule has 3 rings (SSSR count). The number of carbonyl (C=O) groups excluding carboxylic acids is 1. The Morgan fingerprint density at radius 1 is 1.11 bits per heavy atom. The number of amides is 1. The van der Waals surface area contributed by atoms with Crippen molar-refractivity contribution in [2.24, 2.45) is 0 Å². The number of aryl methyl sites for hydroxylation is 3. The van der Waals surface area contributed by atoms with Crippen LogP contribution < -0.4 is 9.47 Å². The SMILES string of the molecule is COc1cc(/C=C2/SC(=S)N(CCCCCC(=O)O)C2=O)cc(Br)c1OCc1cc(C)c(C)cc1C. The van der Waals surface area contributed by atoms with Crippen molar-refractivity contribution < 1.29 is 24.2 Å². The molecule has 1 amide bonds. The molecule has 36 heavy (non-hydrogen) atoms. The van der Waals surface area contributed by atoms with Crippen LogP contribution in [-0.2, 0) is 16.2 Å². The third-order valence-electron chi connectivity index (χ3n) is 6.02. The van der Waals surface area contributed by atoms with Gasteiger partial charge in [0.1, 0.15) is 10.9 Å². The maximum absolute atomic E-state index is 12.9. The summed E-state index contributed by atoms with van der Waals surface area (Å²) in [6, 6.07) is 8.04. The summed E-state index contributed by atoms with van der Waals surface area (Å²) >= 11 is 10.3. The number of hydrogen-bond acceptors (Lipinski definition) is 6. The monoisotopic (exact) mass is 591 g/mol. The van der Waals surface area contributed by atoms with E-state index in [4.69, 9.17) is 26.8 Å². The zero-order valence-corrected chi connectivity index (χ0v) is 24.1. The number of thiocarbonyl (C=S) groups is 1. The van der Waals surface area contributed by atoms with E-state index >= 15 is 0 Å². The van der Waals surface area contributed by atoms with Crippen LogP contribution in [0, 0.1) is 20.8 Å². The van der Waals surface area contributed by atoms with Gasteiger partial charge in [0, 0.05) is 13.0 Å². The van der Waals surface area contributed by atoms with Crippen LogP contribution in [0.2, 0.25) is 0 Å². The van der Waals surface area contributed by atoms with Crippen LogP contribution in [0.3, 0.4) is 0 Å². The van der Waals surface area contributed by atoms with Crippen LogP contribution in [0.4, 0.5) is 0 Å². The van der Waals surface area contributed by atoms with Gasteiger partial charge in [-0.25, -0.2) is 0 Å². The number of methoxy groups -OCH3 is 1. The van der Waals surface area contributed by atoms with Gasteiger partial charge in [0.15, 0.2) is 11.5 Å². The summed E-state index contributed by atoms with van der Waals surface area (Å²) < 4.78 is 13.0. The quantitative estimate of drug-likeness (QED) is 0.175. The van der Waals surface area contributed by atoms with Crippen LogP contribution in [0.25, 0.3) is 6.08 Å². The summed E-state index contributed by atoms with van der Waals surface area (Å²) in [5.74, 6) is 0.220. The van der Waals surface area contributed by atoms with Crippen molar-refractivity contribution in [1.29, 1.82) is 0 Å². The number of unbranched alkanes of at least 4 members (excludes halogenated alkanes) is 2. The van der Waals surface area contributed by atoms with Crippen LogP contribution in [0.15, 0.2) is 33.6 Å². The van der Waals surface area contributed by atoms with Gasteiger partial charge in [-0.1, -0.05) is 42.5 Å². The van der Waals surface area contributed by atoms with Crippen molar-refractivity contribution in [3.05, 3.63) is 61.5 Å². The highest BCUT2D eigenvalue weighted by Gasteiger charge is 2.31. The number of hydrogen-bond donors (Lipinski definition) is 1. The fourth-order valence-electron chi connectivity index (χ4n) is 3.86. The first-order valence-electron chi connectivity index (χ1n) is 11.6. The van der Waals surface area contributed by atoms with Gasteiger partial charge < -0.3 is 14.6 Å². The number of nitrogens with zero attached hydrogens (tertiary/aromatic N) is 1. The minimum atomic E-state index is -0.804. The van der Waals surface area contributed by atoms with Gasteiger partial charge in [0.05, 0.1) is 16.5 Å². The number of rotatable bonds is 11. The molecule has 1 saturated heterocycles. The van der Waals surface area contributed by atoms with Crippen molar-refractivity contribution in [2.75, 3.05) is 13.7 Å². The lowest BCUT2D eigenvalue weighted by Crippen LogP contribution is -2.29. The average Bonchev–Trinajstić information content (AvgIpc) is 3.07. The molecular weight excluding hydrogens is 562 g/mol. The first-order valence-corrected chi connectivity index (χ1v) is 13.7. The zero-order valence-electron chi connectivity index (χ0n) is 20.9. The van der Waals surface area contributed by atoms with E-state index in [2.05, 4.69) is 48.8 Å². The molecule has 9 heteroatoms. The Bertz CT molecular complexity index is 1210. The van der Waals surface area contributed by atoms with Gasteiger partial charge in [-0.05, 0) is 95.6 Å². The Hall–Kier alpha value is -2.36. The minimum Gasteiger partial charge on any atom is -0.493 e. The van der Waals surface area contributed by atoms with Gasteiger partial charge in [-0.3, -0.25) is 14.5 Å². The van der Waals surface area contributed by atoms with Crippen LogP contribution in [0.5, 0.6) is 11.5 Å². The summed E-state index contributed by atoms with van der Waals surface area (Å²) in [4.78, 5) is 25.7. The normalized spacial score (nSPS) is 14.6. The molecule has 0 atom stereocenters. The first kappa shape index (κ1) is 28.2. The Balaban J connectivity index is 1.71. The summed E-state index contributed by atoms with van der Waals surface area (Å²) in [6.07, 6.45) is 3.96. The number of carboxylic acid groups (broad SMARTS) is 1. The number of benzene rings is 2. The lowest BCUT2D eigenvalue weighted by Gasteiger charge is -2.16. The standard InChI is InChI=1S/C27H30BrNO5S2/c1-16-10-18(3)20(11-17(16)2)15-34-25-21(28)12-19(13-22(25)33-4)14-23-26(32)29(27(35)36-23)9-7-5-6-8-24(30)31/h10-14H,5-9,15H2,1-4H3,(H,30,31)/b23-14+. The van der Waals surface area contributed by atoms with Crippen LogP contribution >= 0.6 is 39.9 Å². The topological polar surface area (TPSA) is 76.1 Å². The molecule has 2 aromatic rings. The van der Waals surface area contributed by atoms with Crippen molar-refractivity contribution in [2.45, 2.75) is 53.1 Å². The lowest BCUT2D eigenvalue weighted by atomic mass is 10.0. The summed E-state index contributed by atoms with van der Waals surface area (Å²) in [5.41, 5.74) is 5.55. The number of aliphatic carboxylic acids is 1. The first-order chi connectivity index (χ1) is 17.1. The average molecular weight is 593 g/mol. The molecule has 0 aliphatic carbocycles. The number of carboxylic acids is 1. The van der Waals surface area contributed by atoms with E-state index in [0.29, 0.717) is 46.7 Å². The third kappa shape index (κ3) is 7.11. The Kier molecular flexibility index (Phi) is 9.99. The summed E-state index contributed by atoms with van der Waals surface area (Å²) in [6.45, 7) is 7.16. The maximum Gasteiger partial charge on any atom is 0.303 e. The number of thioether (sulfide) groups is 1. The highest BCUT2D eigenvalue weighted by molar-refractivity contribution is 9.10. The minimum absolute atomic E-state index is 0.135. The fourth-order valence-corrected chi connectivity index (χ4v) is 5.74. The van der Waals surface area contributed by atoms with Crippen LogP contribution in [-0.4, -0.2) is 39.9 Å². The molecular formula is C27H30BrNO5S2. The third-order valence-corrected chi connectivity index (χ3v) is 7.99. The highest BCUT2D eigenvalue weighted by Crippen LogP contribution is 2.39. The smallest absolute Gasteiger partial charge is 0.303 e. The molecule has 0 saturated carbocycles. The zero-order chi connectivity index (χ0) is 26.4. The molecule has 2 aromatic carbocycles. The predicted octanol–water partition coefficient (Wildman–Crippen LogP) is 6.81. The van der Waals surface area contributed by atoms with Crippen LogP contribution in [0.1, 0.15) is 53.5 Å². The van der Waals surface area contributed by atoms with E-state index in [1.54, 1.807) is 18.1 Å². The molecule has 0 unspecified atom stereocenters. The molecule has 0 bridgehead atoms. The Labute approximate surface area is 230 Å².